The zero-order chi connectivity index (χ0) is 20.1. The van der Waals surface area contributed by atoms with E-state index in [9.17, 15) is 9.59 Å². The Hall–Kier alpha value is -2.82. The van der Waals surface area contributed by atoms with Crippen LogP contribution < -0.4 is 10.1 Å². The lowest BCUT2D eigenvalue weighted by Crippen LogP contribution is -2.16. The minimum absolute atomic E-state index is 0.221. The normalized spacial score (nSPS) is 10.6. The summed E-state index contributed by atoms with van der Waals surface area (Å²) in [6.45, 7) is 9.85. The van der Waals surface area contributed by atoms with Crippen molar-refractivity contribution in [3.63, 3.8) is 0 Å². The summed E-state index contributed by atoms with van der Waals surface area (Å²) in [7, 11) is 1.63. The predicted octanol–water partition coefficient (Wildman–Crippen LogP) is 4.86. The van der Waals surface area contributed by atoms with Crippen LogP contribution in [0.25, 0.3) is 0 Å². The largest absolute Gasteiger partial charge is 0.496 e. The number of carbonyl (C=O) groups is 2. The Morgan fingerprint density at radius 3 is 2.41 bits per heavy atom. The van der Waals surface area contributed by atoms with E-state index in [2.05, 4.69) is 19.2 Å². The molecule has 0 atom stereocenters. The number of hydrogen-bond acceptors (Lipinski definition) is 4. The molecule has 144 valence electrons. The highest BCUT2D eigenvalue weighted by Crippen LogP contribution is 2.30. The summed E-state index contributed by atoms with van der Waals surface area (Å²) in [6.07, 6.45) is 0. The smallest absolute Gasteiger partial charge is 0.338 e. The van der Waals surface area contributed by atoms with Crippen molar-refractivity contribution in [1.29, 1.82) is 0 Å². The maximum absolute atomic E-state index is 12.9. The fraction of sp³-hybridized carbons (Fsp3) is 0.364. The highest BCUT2D eigenvalue weighted by Gasteiger charge is 2.18. The van der Waals surface area contributed by atoms with Gasteiger partial charge in [-0.3, -0.25) is 4.79 Å². The standard InChI is InChI=1S/C22H27NO4/c1-7-27-22(25)16-9-8-10-19(15(16)5)23-21(24)18-12-17(13(2)3)20(26-6)11-14(18)4/h8-13H,7H2,1-6H3,(H,23,24). The first-order valence-electron chi connectivity index (χ1n) is 9.06. The predicted molar refractivity (Wildman–Crippen MR) is 107 cm³/mol. The van der Waals surface area contributed by atoms with E-state index in [0.29, 0.717) is 29.0 Å². The van der Waals surface area contributed by atoms with E-state index in [1.165, 1.54) is 0 Å². The van der Waals surface area contributed by atoms with Gasteiger partial charge in [0.1, 0.15) is 5.75 Å². The molecule has 1 amide bonds. The summed E-state index contributed by atoms with van der Waals surface area (Å²) in [5.41, 5.74) is 4.11. The summed E-state index contributed by atoms with van der Waals surface area (Å²) in [4.78, 5) is 25.0. The lowest BCUT2D eigenvalue weighted by molar-refractivity contribution is 0.0525. The third kappa shape index (κ3) is 4.48. The average molecular weight is 369 g/mol. The number of esters is 1. The zero-order valence-electron chi connectivity index (χ0n) is 16.8. The average Bonchev–Trinajstić information content (AvgIpc) is 2.62. The molecule has 0 fully saturated rings. The first-order chi connectivity index (χ1) is 12.8. The van der Waals surface area contributed by atoms with Crippen LogP contribution in [0.1, 0.15) is 64.1 Å². The SMILES string of the molecule is CCOC(=O)c1cccc(NC(=O)c2cc(C(C)C)c(OC)cc2C)c1C. The summed E-state index contributed by atoms with van der Waals surface area (Å²) >= 11 is 0. The van der Waals surface area contributed by atoms with Crippen LogP contribution in [-0.4, -0.2) is 25.6 Å². The topological polar surface area (TPSA) is 64.6 Å². The molecule has 0 heterocycles. The Labute approximate surface area is 160 Å². The van der Waals surface area contributed by atoms with E-state index in [4.69, 9.17) is 9.47 Å². The van der Waals surface area contributed by atoms with Gasteiger partial charge in [-0.2, -0.15) is 0 Å². The van der Waals surface area contributed by atoms with Crippen LogP contribution in [-0.2, 0) is 4.74 Å². The number of hydrogen-bond donors (Lipinski definition) is 1. The van der Waals surface area contributed by atoms with Gasteiger partial charge in [0.2, 0.25) is 0 Å². The number of anilines is 1. The summed E-state index contributed by atoms with van der Waals surface area (Å²) in [5, 5.41) is 2.92. The van der Waals surface area contributed by atoms with Gasteiger partial charge in [0.25, 0.3) is 5.91 Å². The van der Waals surface area contributed by atoms with Crippen molar-refractivity contribution in [2.24, 2.45) is 0 Å². The third-order valence-corrected chi connectivity index (χ3v) is 4.52. The fourth-order valence-corrected chi connectivity index (χ4v) is 2.96. The van der Waals surface area contributed by atoms with Gasteiger partial charge >= 0.3 is 5.97 Å². The molecule has 27 heavy (non-hydrogen) atoms. The molecule has 2 aromatic rings. The number of benzene rings is 2. The lowest BCUT2D eigenvalue weighted by Gasteiger charge is -2.17. The summed E-state index contributed by atoms with van der Waals surface area (Å²) in [6, 6.07) is 8.96. The van der Waals surface area contributed by atoms with Gasteiger partial charge in [-0.1, -0.05) is 19.9 Å². The summed E-state index contributed by atoms with van der Waals surface area (Å²) < 4.78 is 10.5. The lowest BCUT2D eigenvalue weighted by atomic mass is 9.96. The van der Waals surface area contributed by atoms with E-state index in [-0.39, 0.29) is 11.8 Å². The summed E-state index contributed by atoms with van der Waals surface area (Å²) in [5.74, 6) is 0.385. The van der Waals surface area contributed by atoms with Gasteiger partial charge in [0.15, 0.2) is 0 Å². The molecular formula is C22H27NO4. The molecule has 5 nitrogen and oxygen atoms in total. The molecule has 0 aliphatic heterocycles. The van der Waals surface area contributed by atoms with Crippen LogP contribution in [0.2, 0.25) is 0 Å². The van der Waals surface area contributed by atoms with E-state index in [1.807, 2.05) is 19.1 Å². The molecule has 2 rings (SSSR count). The number of methoxy groups -OCH3 is 1. The zero-order valence-corrected chi connectivity index (χ0v) is 16.8. The van der Waals surface area contributed by atoms with Crippen molar-refractivity contribution in [2.45, 2.75) is 40.5 Å². The number of ether oxygens (including phenoxy) is 2. The van der Waals surface area contributed by atoms with Crippen molar-refractivity contribution in [3.8, 4) is 5.75 Å². The van der Waals surface area contributed by atoms with Crippen LogP contribution in [0.3, 0.4) is 0 Å². The number of rotatable bonds is 6. The van der Waals surface area contributed by atoms with E-state index in [0.717, 1.165) is 16.9 Å². The van der Waals surface area contributed by atoms with Crippen molar-refractivity contribution >= 4 is 17.6 Å². The minimum atomic E-state index is -0.395. The molecule has 0 bridgehead atoms. The van der Waals surface area contributed by atoms with Crippen molar-refractivity contribution in [1.82, 2.24) is 0 Å². The van der Waals surface area contributed by atoms with Crippen molar-refractivity contribution < 1.29 is 19.1 Å². The van der Waals surface area contributed by atoms with Crippen LogP contribution in [0.4, 0.5) is 5.69 Å². The minimum Gasteiger partial charge on any atom is -0.496 e. The van der Waals surface area contributed by atoms with Crippen LogP contribution in [0.5, 0.6) is 5.75 Å². The molecule has 0 unspecified atom stereocenters. The molecule has 5 heteroatoms. The number of nitrogens with one attached hydrogen (secondary N) is 1. The molecule has 0 saturated heterocycles. The Kier molecular flexibility index (Phi) is 6.61. The Bertz CT molecular complexity index is 856. The maximum Gasteiger partial charge on any atom is 0.338 e. The molecule has 0 saturated carbocycles. The first-order valence-corrected chi connectivity index (χ1v) is 9.06. The molecule has 0 radical (unpaired) electrons. The molecule has 0 aromatic heterocycles. The Morgan fingerprint density at radius 2 is 1.81 bits per heavy atom. The Balaban J connectivity index is 2.37. The monoisotopic (exact) mass is 369 g/mol. The Morgan fingerprint density at radius 1 is 1.11 bits per heavy atom. The van der Waals surface area contributed by atoms with Crippen LogP contribution >= 0.6 is 0 Å². The maximum atomic E-state index is 12.9. The van der Waals surface area contributed by atoms with Gasteiger partial charge in [0.05, 0.1) is 19.3 Å². The van der Waals surface area contributed by atoms with Gasteiger partial charge < -0.3 is 14.8 Å². The van der Waals surface area contributed by atoms with E-state index >= 15 is 0 Å². The molecule has 1 N–H and O–H groups in total. The van der Waals surface area contributed by atoms with Crippen molar-refractivity contribution in [2.75, 3.05) is 19.0 Å². The number of carbonyl (C=O) groups excluding carboxylic acids is 2. The second-order valence-electron chi connectivity index (χ2n) is 6.72. The first kappa shape index (κ1) is 20.5. The fourth-order valence-electron chi connectivity index (χ4n) is 2.96. The van der Waals surface area contributed by atoms with E-state index < -0.39 is 5.97 Å². The second kappa shape index (κ2) is 8.71. The van der Waals surface area contributed by atoms with Crippen LogP contribution in [0, 0.1) is 13.8 Å². The molecule has 2 aromatic carbocycles. The van der Waals surface area contributed by atoms with E-state index in [1.54, 1.807) is 39.2 Å². The molecule has 0 aliphatic carbocycles. The molecule has 0 spiro atoms. The van der Waals surface area contributed by atoms with Gasteiger partial charge in [-0.25, -0.2) is 4.79 Å². The van der Waals surface area contributed by atoms with Gasteiger partial charge in [-0.15, -0.1) is 0 Å². The van der Waals surface area contributed by atoms with Crippen molar-refractivity contribution in [3.05, 3.63) is 58.1 Å². The highest BCUT2D eigenvalue weighted by molar-refractivity contribution is 6.06. The highest BCUT2D eigenvalue weighted by atomic mass is 16.5. The van der Waals surface area contributed by atoms with Crippen LogP contribution in [0.15, 0.2) is 30.3 Å². The number of aryl methyl sites for hydroxylation is 1. The number of amides is 1. The second-order valence-corrected chi connectivity index (χ2v) is 6.72. The van der Waals surface area contributed by atoms with Gasteiger partial charge in [0, 0.05) is 11.3 Å². The quantitative estimate of drug-likeness (QED) is 0.738. The third-order valence-electron chi connectivity index (χ3n) is 4.52. The molecule has 0 aliphatic rings. The molecular weight excluding hydrogens is 342 g/mol. The van der Waals surface area contributed by atoms with Gasteiger partial charge in [-0.05, 0) is 67.6 Å².